The molecule has 1 saturated carbocycles. The molecule has 1 fully saturated rings. The van der Waals surface area contributed by atoms with Gasteiger partial charge in [0.05, 0.1) is 13.2 Å². The van der Waals surface area contributed by atoms with Gasteiger partial charge in [0.15, 0.2) is 0 Å². The molecule has 66 valence electrons. The van der Waals surface area contributed by atoms with Crippen LogP contribution in [0.5, 0.6) is 0 Å². The number of aliphatic hydroxyl groups excluding tert-OH is 1. The molecule has 1 N–H and O–H groups in total. The van der Waals surface area contributed by atoms with Gasteiger partial charge in [-0.25, -0.2) is 0 Å². The molecule has 0 spiro atoms. The van der Waals surface area contributed by atoms with Crippen molar-refractivity contribution in [1.82, 2.24) is 0 Å². The molecule has 0 bridgehead atoms. The Kier molecular flexibility index (Phi) is 2.77. The number of aliphatic hydroxyl groups is 1. The summed E-state index contributed by atoms with van der Waals surface area (Å²) in [5, 5.41) is 9.53. The van der Waals surface area contributed by atoms with Crippen LogP contribution in [0.2, 0.25) is 0 Å². The van der Waals surface area contributed by atoms with Gasteiger partial charge in [-0.05, 0) is 26.2 Å². The maximum absolute atomic E-state index is 11.6. The molecule has 0 amide bonds. The molecular weight excluding hydrogens is 159 g/mol. The first-order chi connectivity index (χ1) is 5.02. The van der Waals surface area contributed by atoms with Gasteiger partial charge in [-0.15, -0.1) is 0 Å². The Hall–Kier alpha value is 0.190. The van der Waals surface area contributed by atoms with Crippen LogP contribution in [0.25, 0.3) is 0 Å². The van der Waals surface area contributed by atoms with Crippen molar-refractivity contribution in [2.45, 2.75) is 37.4 Å². The minimum atomic E-state index is -2.05. The van der Waals surface area contributed by atoms with Gasteiger partial charge in [0.2, 0.25) is 0 Å². The summed E-state index contributed by atoms with van der Waals surface area (Å²) in [4.78, 5) is 0. The summed E-state index contributed by atoms with van der Waals surface area (Å²) in [6.07, 6.45) is 3.72. The Morgan fingerprint density at radius 1 is 1.27 bits per heavy atom. The summed E-state index contributed by atoms with van der Waals surface area (Å²) in [5.41, 5.74) is 0.0799. The van der Waals surface area contributed by atoms with E-state index in [1.807, 2.05) is 0 Å². The van der Waals surface area contributed by atoms with Crippen molar-refractivity contribution in [2.24, 2.45) is 0 Å². The first-order valence-electron chi connectivity index (χ1n) is 4.24. The van der Waals surface area contributed by atoms with Gasteiger partial charge in [-0.2, -0.15) is 0 Å². The zero-order valence-electron chi connectivity index (χ0n) is 7.29. The van der Waals surface area contributed by atoms with E-state index in [4.69, 9.17) is 0 Å². The van der Waals surface area contributed by atoms with Gasteiger partial charge < -0.3 is 9.67 Å². The fourth-order valence-corrected chi connectivity index (χ4v) is 3.60. The van der Waals surface area contributed by atoms with Crippen LogP contribution in [0.3, 0.4) is 0 Å². The zero-order chi connectivity index (χ0) is 8.48. The highest BCUT2D eigenvalue weighted by Crippen LogP contribution is 2.48. The summed E-state index contributed by atoms with van der Waals surface area (Å²) >= 11 is 0. The van der Waals surface area contributed by atoms with Crippen LogP contribution >= 0.6 is 7.14 Å². The molecule has 3 heteroatoms. The van der Waals surface area contributed by atoms with Crippen molar-refractivity contribution in [1.29, 1.82) is 0 Å². The molecule has 0 aliphatic heterocycles. The molecule has 0 aromatic carbocycles. The minimum absolute atomic E-state index is 0.0799. The molecule has 0 heterocycles. The van der Waals surface area contributed by atoms with Crippen molar-refractivity contribution in [3.63, 3.8) is 0 Å². The van der Waals surface area contributed by atoms with Crippen molar-refractivity contribution in [2.75, 3.05) is 13.3 Å². The van der Waals surface area contributed by atoms with E-state index in [9.17, 15) is 9.67 Å². The van der Waals surface area contributed by atoms with Crippen molar-refractivity contribution in [3.05, 3.63) is 0 Å². The monoisotopic (exact) mass is 176 g/mol. The van der Waals surface area contributed by atoms with Crippen LogP contribution in [-0.4, -0.2) is 30.2 Å². The van der Waals surface area contributed by atoms with E-state index >= 15 is 0 Å². The Balaban J connectivity index is 2.62. The lowest BCUT2D eigenvalue weighted by Gasteiger charge is -2.30. The highest BCUT2D eigenvalue weighted by atomic mass is 31.2. The Labute approximate surface area is 68.4 Å². The van der Waals surface area contributed by atoms with Gasteiger partial charge in [0.1, 0.15) is 0 Å². The highest BCUT2D eigenvalue weighted by molar-refractivity contribution is 7.63. The van der Waals surface area contributed by atoms with E-state index in [0.717, 1.165) is 25.7 Å². The molecule has 2 atom stereocenters. The molecule has 1 aliphatic rings. The van der Waals surface area contributed by atoms with Crippen LogP contribution in [-0.2, 0) is 4.57 Å². The molecule has 0 saturated heterocycles. The van der Waals surface area contributed by atoms with Gasteiger partial charge in [0, 0.05) is 5.66 Å². The van der Waals surface area contributed by atoms with Gasteiger partial charge in [-0.1, -0.05) is 12.8 Å². The average Bonchev–Trinajstić information content (AvgIpc) is 1.86. The molecule has 11 heavy (non-hydrogen) atoms. The summed E-state index contributed by atoms with van der Waals surface area (Å²) < 4.78 is 11.6. The molecule has 0 aromatic heterocycles. The maximum atomic E-state index is 11.6. The lowest BCUT2D eigenvalue weighted by atomic mass is 9.97. The van der Waals surface area contributed by atoms with Crippen molar-refractivity contribution in [3.8, 4) is 0 Å². The fraction of sp³-hybridized carbons (Fsp3) is 1.00. The molecule has 0 radical (unpaired) electrons. The second-order valence-electron chi connectivity index (χ2n) is 3.85. The number of rotatable bonds is 1. The third-order valence-corrected chi connectivity index (χ3v) is 4.69. The van der Waals surface area contributed by atoms with Gasteiger partial charge >= 0.3 is 0 Å². The lowest BCUT2D eigenvalue weighted by Crippen LogP contribution is -2.29. The second-order valence-corrected chi connectivity index (χ2v) is 7.38. The first-order valence-corrected chi connectivity index (χ1v) is 6.91. The SMILES string of the molecule is CP(C)(=O)C1CCCCC1O. The Morgan fingerprint density at radius 2 is 1.82 bits per heavy atom. The van der Waals surface area contributed by atoms with E-state index in [1.54, 1.807) is 13.3 Å². The van der Waals surface area contributed by atoms with E-state index in [-0.39, 0.29) is 11.8 Å². The Morgan fingerprint density at radius 3 is 2.18 bits per heavy atom. The summed E-state index contributed by atoms with van der Waals surface area (Å²) in [6, 6.07) is 0. The molecule has 0 aromatic rings. The van der Waals surface area contributed by atoms with E-state index in [0.29, 0.717) is 0 Å². The van der Waals surface area contributed by atoms with E-state index in [1.165, 1.54) is 0 Å². The topological polar surface area (TPSA) is 37.3 Å². The van der Waals surface area contributed by atoms with E-state index in [2.05, 4.69) is 0 Å². The third-order valence-electron chi connectivity index (χ3n) is 2.49. The summed E-state index contributed by atoms with van der Waals surface area (Å²) in [6.45, 7) is 3.57. The standard InChI is InChI=1S/C8H17O2P/c1-11(2,10)8-6-4-3-5-7(8)9/h7-9H,3-6H2,1-2H3. The van der Waals surface area contributed by atoms with E-state index < -0.39 is 7.14 Å². The smallest absolute Gasteiger partial charge is 0.0873 e. The minimum Gasteiger partial charge on any atom is -0.392 e. The van der Waals surface area contributed by atoms with Gasteiger partial charge in [0.25, 0.3) is 0 Å². The predicted octanol–water partition coefficient (Wildman–Crippen LogP) is 1.91. The fourth-order valence-electron chi connectivity index (χ4n) is 1.82. The van der Waals surface area contributed by atoms with Crippen LogP contribution in [0.1, 0.15) is 25.7 Å². The summed E-state index contributed by atoms with van der Waals surface area (Å²) in [5.74, 6) is 0. The quantitative estimate of drug-likeness (QED) is 0.619. The average molecular weight is 176 g/mol. The van der Waals surface area contributed by atoms with Crippen molar-refractivity contribution < 1.29 is 9.67 Å². The first kappa shape index (κ1) is 9.28. The zero-order valence-corrected chi connectivity index (χ0v) is 8.18. The molecule has 1 rings (SSSR count). The molecular formula is C8H17O2P. The number of hydrogen-bond acceptors (Lipinski definition) is 2. The highest BCUT2D eigenvalue weighted by Gasteiger charge is 2.32. The van der Waals surface area contributed by atoms with Crippen LogP contribution in [0, 0.1) is 0 Å². The van der Waals surface area contributed by atoms with Gasteiger partial charge in [-0.3, -0.25) is 0 Å². The molecule has 1 aliphatic carbocycles. The second kappa shape index (κ2) is 3.28. The molecule has 2 unspecified atom stereocenters. The van der Waals surface area contributed by atoms with Crippen molar-refractivity contribution >= 4 is 7.14 Å². The summed E-state index contributed by atoms with van der Waals surface area (Å²) in [7, 11) is -2.05. The van der Waals surface area contributed by atoms with Crippen LogP contribution < -0.4 is 0 Å². The normalized spacial score (nSPS) is 33.7. The maximum Gasteiger partial charge on any atom is 0.0873 e. The lowest BCUT2D eigenvalue weighted by molar-refractivity contribution is 0.133. The van der Waals surface area contributed by atoms with Crippen LogP contribution in [0.4, 0.5) is 0 Å². The third kappa shape index (κ3) is 2.31. The molecule has 2 nitrogen and oxygen atoms in total. The Bertz CT molecular complexity index is 173. The van der Waals surface area contributed by atoms with Crippen LogP contribution in [0.15, 0.2) is 0 Å². The predicted molar refractivity (Wildman–Crippen MR) is 47.7 cm³/mol. The largest absolute Gasteiger partial charge is 0.392 e. The number of hydrogen-bond donors (Lipinski definition) is 1.